The Balaban J connectivity index is 1.99. The van der Waals surface area contributed by atoms with Gasteiger partial charge >= 0.3 is 0 Å². The van der Waals surface area contributed by atoms with Crippen LogP contribution in [0.1, 0.15) is 52.4 Å². The molecule has 0 amide bonds. The summed E-state index contributed by atoms with van der Waals surface area (Å²) in [5.74, 6) is 2.98. The third kappa shape index (κ3) is 2.13. The van der Waals surface area contributed by atoms with E-state index in [1.807, 2.05) is 7.11 Å². The lowest BCUT2D eigenvalue weighted by Crippen LogP contribution is -2.27. The monoisotopic (exact) mass is 196 g/mol. The molecule has 0 aromatic rings. The molecule has 0 aliphatic heterocycles. The van der Waals surface area contributed by atoms with Crippen molar-refractivity contribution in [1.29, 1.82) is 0 Å². The van der Waals surface area contributed by atoms with Crippen LogP contribution >= 0.6 is 0 Å². The van der Waals surface area contributed by atoms with Gasteiger partial charge in [0.1, 0.15) is 0 Å². The Morgan fingerprint density at radius 1 is 1.29 bits per heavy atom. The second-order valence-electron chi connectivity index (χ2n) is 5.74. The zero-order valence-corrected chi connectivity index (χ0v) is 9.88. The third-order valence-electron chi connectivity index (χ3n) is 4.51. The Morgan fingerprint density at radius 3 is 2.79 bits per heavy atom. The summed E-state index contributed by atoms with van der Waals surface area (Å²) >= 11 is 0. The van der Waals surface area contributed by atoms with Crippen molar-refractivity contribution in [2.45, 2.75) is 58.0 Å². The van der Waals surface area contributed by atoms with Crippen LogP contribution in [0.3, 0.4) is 0 Å². The number of rotatable bonds is 1. The van der Waals surface area contributed by atoms with E-state index in [-0.39, 0.29) is 5.60 Å². The van der Waals surface area contributed by atoms with E-state index in [4.69, 9.17) is 4.74 Å². The molecule has 0 aromatic heterocycles. The molecule has 4 unspecified atom stereocenters. The van der Waals surface area contributed by atoms with Crippen LogP contribution in [-0.4, -0.2) is 12.7 Å². The summed E-state index contributed by atoms with van der Waals surface area (Å²) in [6, 6.07) is 0. The SMILES string of the molecule is COC1(C)CCCCC(C)C2CC2C1. The highest BCUT2D eigenvalue weighted by atomic mass is 16.5. The normalized spacial score (nSPS) is 48.6. The predicted octanol–water partition coefficient (Wildman–Crippen LogP) is 3.63. The van der Waals surface area contributed by atoms with Crippen LogP contribution in [-0.2, 0) is 4.74 Å². The zero-order valence-electron chi connectivity index (χ0n) is 9.88. The van der Waals surface area contributed by atoms with Crippen molar-refractivity contribution in [2.24, 2.45) is 17.8 Å². The van der Waals surface area contributed by atoms with Crippen molar-refractivity contribution in [3.8, 4) is 0 Å². The van der Waals surface area contributed by atoms with Crippen molar-refractivity contribution in [1.82, 2.24) is 0 Å². The maximum absolute atomic E-state index is 5.70. The first kappa shape index (κ1) is 10.5. The van der Waals surface area contributed by atoms with E-state index in [0.29, 0.717) is 0 Å². The van der Waals surface area contributed by atoms with E-state index in [9.17, 15) is 0 Å². The second kappa shape index (κ2) is 3.84. The van der Waals surface area contributed by atoms with Crippen LogP contribution in [0.5, 0.6) is 0 Å². The van der Waals surface area contributed by atoms with Gasteiger partial charge in [-0.1, -0.05) is 26.2 Å². The molecule has 14 heavy (non-hydrogen) atoms. The minimum atomic E-state index is 0.184. The largest absolute Gasteiger partial charge is 0.379 e. The number of methoxy groups -OCH3 is 1. The average Bonchev–Trinajstić information content (AvgIpc) is 2.90. The van der Waals surface area contributed by atoms with Crippen molar-refractivity contribution in [3.05, 3.63) is 0 Å². The number of fused-ring (bicyclic) bond motifs is 1. The Labute approximate surface area is 88.2 Å². The van der Waals surface area contributed by atoms with Crippen LogP contribution in [0.2, 0.25) is 0 Å². The topological polar surface area (TPSA) is 9.23 Å². The Kier molecular flexibility index (Phi) is 2.88. The number of hydrogen-bond donors (Lipinski definition) is 0. The Hall–Kier alpha value is -0.0400. The van der Waals surface area contributed by atoms with Crippen LogP contribution < -0.4 is 0 Å². The molecule has 2 saturated carbocycles. The molecule has 2 rings (SSSR count). The van der Waals surface area contributed by atoms with E-state index >= 15 is 0 Å². The van der Waals surface area contributed by atoms with Crippen molar-refractivity contribution >= 4 is 0 Å². The fraction of sp³-hybridized carbons (Fsp3) is 1.00. The highest BCUT2D eigenvalue weighted by Gasteiger charge is 2.45. The second-order valence-corrected chi connectivity index (χ2v) is 5.74. The zero-order chi connectivity index (χ0) is 10.2. The van der Waals surface area contributed by atoms with Gasteiger partial charge < -0.3 is 4.74 Å². The lowest BCUT2D eigenvalue weighted by atomic mass is 9.92. The van der Waals surface area contributed by atoms with E-state index in [2.05, 4.69) is 13.8 Å². The van der Waals surface area contributed by atoms with Gasteiger partial charge in [0.15, 0.2) is 0 Å². The molecule has 0 heterocycles. The fourth-order valence-electron chi connectivity index (χ4n) is 3.22. The quantitative estimate of drug-likeness (QED) is 0.622. The minimum Gasteiger partial charge on any atom is -0.379 e. The smallest absolute Gasteiger partial charge is 0.0653 e. The maximum Gasteiger partial charge on any atom is 0.0653 e. The lowest BCUT2D eigenvalue weighted by Gasteiger charge is -2.28. The molecule has 0 N–H and O–H groups in total. The molecule has 2 fully saturated rings. The molecule has 2 aliphatic rings. The fourth-order valence-corrected chi connectivity index (χ4v) is 3.22. The van der Waals surface area contributed by atoms with Crippen LogP contribution in [0, 0.1) is 17.8 Å². The number of hydrogen-bond acceptors (Lipinski definition) is 1. The first-order chi connectivity index (χ1) is 6.64. The highest BCUT2D eigenvalue weighted by Crippen LogP contribution is 2.52. The van der Waals surface area contributed by atoms with Gasteiger partial charge in [-0.3, -0.25) is 0 Å². The Morgan fingerprint density at radius 2 is 2.07 bits per heavy atom. The molecule has 1 heteroatoms. The van der Waals surface area contributed by atoms with Crippen molar-refractivity contribution in [2.75, 3.05) is 7.11 Å². The molecule has 0 bridgehead atoms. The predicted molar refractivity (Wildman–Crippen MR) is 59.3 cm³/mol. The third-order valence-corrected chi connectivity index (χ3v) is 4.51. The molecule has 0 saturated heterocycles. The van der Waals surface area contributed by atoms with Gasteiger partial charge in [0.2, 0.25) is 0 Å². The maximum atomic E-state index is 5.70. The van der Waals surface area contributed by atoms with Gasteiger partial charge in [-0.2, -0.15) is 0 Å². The summed E-state index contributed by atoms with van der Waals surface area (Å²) in [5.41, 5.74) is 0.184. The van der Waals surface area contributed by atoms with Gasteiger partial charge in [-0.25, -0.2) is 0 Å². The van der Waals surface area contributed by atoms with Crippen molar-refractivity contribution < 1.29 is 4.74 Å². The van der Waals surface area contributed by atoms with Gasteiger partial charge in [0.05, 0.1) is 5.60 Å². The first-order valence-corrected chi connectivity index (χ1v) is 6.20. The lowest BCUT2D eigenvalue weighted by molar-refractivity contribution is -0.0145. The van der Waals surface area contributed by atoms with Gasteiger partial charge in [0, 0.05) is 7.11 Å². The van der Waals surface area contributed by atoms with Gasteiger partial charge in [0.25, 0.3) is 0 Å². The van der Waals surface area contributed by atoms with E-state index < -0.39 is 0 Å². The summed E-state index contributed by atoms with van der Waals surface area (Å²) < 4.78 is 5.70. The molecule has 1 nitrogen and oxygen atoms in total. The van der Waals surface area contributed by atoms with Crippen LogP contribution in [0.15, 0.2) is 0 Å². The highest BCUT2D eigenvalue weighted by molar-refractivity contribution is 4.95. The van der Waals surface area contributed by atoms with Crippen LogP contribution in [0.4, 0.5) is 0 Å². The molecule has 4 atom stereocenters. The minimum absolute atomic E-state index is 0.184. The van der Waals surface area contributed by atoms with Gasteiger partial charge in [-0.15, -0.1) is 0 Å². The molecule has 0 spiro atoms. The molecule has 2 aliphatic carbocycles. The molecule has 0 radical (unpaired) electrons. The molecule has 0 aromatic carbocycles. The summed E-state index contributed by atoms with van der Waals surface area (Å²) in [6.07, 6.45) is 8.25. The van der Waals surface area contributed by atoms with Crippen LogP contribution in [0.25, 0.3) is 0 Å². The van der Waals surface area contributed by atoms with E-state index in [1.165, 1.54) is 38.5 Å². The molecular formula is C13H24O. The summed E-state index contributed by atoms with van der Waals surface area (Å²) in [5, 5.41) is 0. The summed E-state index contributed by atoms with van der Waals surface area (Å²) in [4.78, 5) is 0. The van der Waals surface area contributed by atoms with E-state index in [0.717, 1.165) is 17.8 Å². The standard InChI is InChI=1S/C13H24O/c1-10-6-4-5-7-13(2,14-3)9-11-8-12(10)11/h10-12H,4-9H2,1-3H3. The van der Waals surface area contributed by atoms with E-state index in [1.54, 1.807) is 0 Å². The van der Waals surface area contributed by atoms with Gasteiger partial charge in [-0.05, 0) is 43.9 Å². The molecular weight excluding hydrogens is 172 g/mol. The Bertz CT molecular complexity index is 201. The van der Waals surface area contributed by atoms with Crippen molar-refractivity contribution in [3.63, 3.8) is 0 Å². The summed E-state index contributed by atoms with van der Waals surface area (Å²) in [7, 11) is 1.89. The molecule has 82 valence electrons. The first-order valence-electron chi connectivity index (χ1n) is 6.20. The average molecular weight is 196 g/mol. The number of ether oxygens (including phenoxy) is 1. The summed E-state index contributed by atoms with van der Waals surface area (Å²) in [6.45, 7) is 4.75.